The van der Waals surface area contributed by atoms with Gasteiger partial charge in [0.05, 0.1) is 0 Å². The second-order valence-electron chi connectivity index (χ2n) is 2.64. The maximum absolute atomic E-state index is 9.33. The van der Waals surface area contributed by atoms with Crippen LogP contribution in [0.25, 0.3) is 0 Å². The predicted molar refractivity (Wildman–Crippen MR) is 52.3 cm³/mol. The summed E-state index contributed by atoms with van der Waals surface area (Å²) < 4.78 is 0. The van der Waals surface area contributed by atoms with Crippen molar-refractivity contribution in [2.45, 2.75) is 6.42 Å². The average molecular weight is 232 g/mol. The number of phenolic OH excluding ortho intramolecular Hbond substituents is 2. The normalized spacial score (nSPS) is 13.0. The molecule has 2 rings (SSSR count). The number of hydrogen-bond donors (Lipinski definition) is 3. The van der Waals surface area contributed by atoms with Crippen molar-refractivity contribution in [3.63, 3.8) is 0 Å². The van der Waals surface area contributed by atoms with Crippen LogP contribution >= 0.6 is 17.0 Å². The Balaban J connectivity index is 0.000000720. The van der Waals surface area contributed by atoms with E-state index in [0.29, 0.717) is 0 Å². The van der Waals surface area contributed by atoms with E-state index in [9.17, 15) is 5.11 Å². The average Bonchev–Trinajstić information content (AvgIpc) is 2.45. The largest absolute Gasteiger partial charge is 0.504 e. The van der Waals surface area contributed by atoms with Gasteiger partial charge in [0.25, 0.3) is 0 Å². The molecule has 1 heterocycles. The lowest BCUT2D eigenvalue weighted by atomic mass is 10.1. The summed E-state index contributed by atoms with van der Waals surface area (Å²) >= 11 is 0. The van der Waals surface area contributed by atoms with Gasteiger partial charge in [-0.1, -0.05) is 0 Å². The molecule has 0 aliphatic carbocycles. The zero-order chi connectivity index (χ0) is 7.84. The molecule has 0 bridgehead atoms. The number of phenols is 2. The van der Waals surface area contributed by atoms with Crippen LogP contribution in [0.4, 0.5) is 5.69 Å². The Morgan fingerprint density at radius 1 is 1.25 bits per heavy atom. The predicted octanol–water partition coefficient (Wildman–Crippen LogP) is 1.64. The third-order valence-corrected chi connectivity index (χ3v) is 1.95. The zero-order valence-corrected chi connectivity index (χ0v) is 8.08. The van der Waals surface area contributed by atoms with E-state index in [2.05, 4.69) is 5.32 Å². The molecule has 0 spiro atoms. The molecule has 4 heteroatoms. The Kier molecular flexibility index (Phi) is 2.47. The summed E-state index contributed by atoms with van der Waals surface area (Å²) in [5, 5.41) is 21.5. The van der Waals surface area contributed by atoms with Crippen LogP contribution in [0.2, 0.25) is 0 Å². The third-order valence-electron chi connectivity index (χ3n) is 1.95. The van der Waals surface area contributed by atoms with Crippen molar-refractivity contribution in [1.82, 2.24) is 0 Å². The van der Waals surface area contributed by atoms with E-state index >= 15 is 0 Å². The van der Waals surface area contributed by atoms with Crippen LogP contribution in [-0.2, 0) is 6.42 Å². The van der Waals surface area contributed by atoms with Crippen molar-refractivity contribution >= 4 is 22.7 Å². The minimum absolute atomic E-state index is 0. The van der Waals surface area contributed by atoms with E-state index in [4.69, 9.17) is 5.11 Å². The molecule has 66 valence electrons. The standard InChI is InChI=1S/C8H9NO2.BrH/c10-7-2-1-6-5(8(7)11)3-4-9-6;/h1-2,9-11H,3-4H2;1H. The van der Waals surface area contributed by atoms with Crippen molar-refractivity contribution < 1.29 is 10.2 Å². The lowest BCUT2D eigenvalue weighted by Gasteiger charge is -2.02. The monoisotopic (exact) mass is 231 g/mol. The Bertz CT molecular complexity index is 301. The number of halogens is 1. The number of rotatable bonds is 0. The van der Waals surface area contributed by atoms with Crippen LogP contribution in [-0.4, -0.2) is 16.8 Å². The van der Waals surface area contributed by atoms with Crippen LogP contribution in [0.1, 0.15) is 5.56 Å². The van der Waals surface area contributed by atoms with Crippen molar-refractivity contribution in [3.05, 3.63) is 17.7 Å². The van der Waals surface area contributed by atoms with E-state index in [0.717, 1.165) is 24.2 Å². The highest BCUT2D eigenvalue weighted by atomic mass is 79.9. The number of fused-ring (bicyclic) bond motifs is 1. The topological polar surface area (TPSA) is 52.5 Å². The Morgan fingerprint density at radius 2 is 2.00 bits per heavy atom. The van der Waals surface area contributed by atoms with E-state index in [-0.39, 0.29) is 28.5 Å². The van der Waals surface area contributed by atoms with E-state index in [1.54, 1.807) is 6.07 Å². The van der Waals surface area contributed by atoms with Crippen LogP contribution in [0.3, 0.4) is 0 Å². The summed E-state index contributed by atoms with van der Waals surface area (Å²) in [6.45, 7) is 0.840. The van der Waals surface area contributed by atoms with Crippen molar-refractivity contribution in [2.24, 2.45) is 0 Å². The van der Waals surface area contributed by atoms with Crippen LogP contribution in [0.15, 0.2) is 12.1 Å². The van der Waals surface area contributed by atoms with E-state index in [1.807, 2.05) is 0 Å². The zero-order valence-electron chi connectivity index (χ0n) is 6.37. The van der Waals surface area contributed by atoms with Crippen LogP contribution in [0, 0.1) is 0 Å². The fourth-order valence-corrected chi connectivity index (χ4v) is 1.36. The fourth-order valence-electron chi connectivity index (χ4n) is 1.36. The van der Waals surface area contributed by atoms with Gasteiger partial charge in [-0.2, -0.15) is 0 Å². The smallest absolute Gasteiger partial charge is 0.162 e. The van der Waals surface area contributed by atoms with Gasteiger partial charge in [-0.05, 0) is 18.6 Å². The molecule has 0 saturated heterocycles. The molecule has 0 radical (unpaired) electrons. The minimum Gasteiger partial charge on any atom is -0.504 e. The van der Waals surface area contributed by atoms with Crippen molar-refractivity contribution in [1.29, 1.82) is 0 Å². The fraction of sp³-hybridized carbons (Fsp3) is 0.250. The molecular weight excluding hydrogens is 222 g/mol. The first-order chi connectivity index (χ1) is 5.29. The maximum atomic E-state index is 9.33. The highest BCUT2D eigenvalue weighted by molar-refractivity contribution is 8.93. The lowest BCUT2D eigenvalue weighted by Crippen LogP contribution is -1.90. The van der Waals surface area contributed by atoms with Gasteiger partial charge in [0.2, 0.25) is 0 Å². The molecule has 0 atom stereocenters. The van der Waals surface area contributed by atoms with Crippen LogP contribution < -0.4 is 5.32 Å². The second-order valence-corrected chi connectivity index (χ2v) is 2.64. The number of hydrogen-bond acceptors (Lipinski definition) is 3. The Labute approximate surface area is 80.8 Å². The molecule has 1 aliphatic heterocycles. The van der Waals surface area contributed by atoms with Crippen LogP contribution in [0.5, 0.6) is 11.5 Å². The van der Waals surface area contributed by atoms with Gasteiger partial charge >= 0.3 is 0 Å². The quantitative estimate of drug-likeness (QED) is 0.470. The SMILES string of the molecule is Br.Oc1ccc2c(c1O)CCN2. The molecule has 3 nitrogen and oxygen atoms in total. The molecule has 0 fully saturated rings. The summed E-state index contributed by atoms with van der Waals surface area (Å²) in [5.74, 6) is -0.0139. The minimum atomic E-state index is -0.0348. The van der Waals surface area contributed by atoms with E-state index in [1.165, 1.54) is 6.07 Å². The number of aromatic hydroxyl groups is 2. The Morgan fingerprint density at radius 3 is 2.75 bits per heavy atom. The maximum Gasteiger partial charge on any atom is 0.162 e. The van der Waals surface area contributed by atoms with Crippen molar-refractivity contribution in [3.8, 4) is 11.5 Å². The highest BCUT2D eigenvalue weighted by Crippen LogP contribution is 2.36. The molecule has 0 unspecified atom stereocenters. The van der Waals surface area contributed by atoms with Gasteiger partial charge in [0.1, 0.15) is 0 Å². The van der Waals surface area contributed by atoms with Gasteiger partial charge in [0, 0.05) is 17.8 Å². The molecule has 0 saturated carbocycles. The summed E-state index contributed by atoms with van der Waals surface area (Å²) in [6, 6.07) is 3.27. The molecule has 3 N–H and O–H groups in total. The second kappa shape index (κ2) is 3.23. The molecule has 0 aromatic heterocycles. The molecule has 1 aromatic carbocycles. The van der Waals surface area contributed by atoms with Crippen molar-refractivity contribution in [2.75, 3.05) is 11.9 Å². The lowest BCUT2D eigenvalue weighted by molar-refractivity contribution is 0.401. The molecule has 1 aliphatic rings. The number of benzene rings is 1. The van der Waals surface area contributed by atoms with E-state index < -0.39 is 0 Å². The molecular formula is C8H10BrNO2. The summed E-state index contributed by atoms with van der Waals surface area (Å²) in [4.78, 5) is 0. The van der Waals surface area contributed by atoms with Gasteiger partial charge < -0.3 is 15.5 Å². The Hall–Kier alpha value is -0.900. The first kappa shape index (κ1) is 9.19. The first-order valence-electron chi connectivity index (χ1n) is 3.57. The van der Waals surface area contributed by atoms with Gasteiger partial charge in [-0.25, -0.2) is 0 Å². The summed E-state index contributed by atoms with van der Waals surface area (Å²) in [7, 11) is 0. The summed E-state index contributed by atoms with van der Waals surface area (Å²) in [5.41, 5.74) is 1.75. The van der Waals surface area contributed by atoms with Gasteiger partial charge in [-0.15, -0.1) is 17.0 Å². The first-order valence-corrected chi connectivity index (χ1v) is 3.57. The summed E-state index contributed by atoms with van der Waals surface area (Å²) in [6.07, 6.45) is 0.787. The van der Waals surface area contributed by atoms with Gasteiger partial charge in [0.15, 0.2) is 11.5 Å². The number of anilines is 1. The molecule has 1 aromatic rings. The molecule has 12 heavy (non-hydrogen) atoms. The highest BCUT2D eigenvalue weighted by Gasteiger charge is 2.15. The van der Waals surface area contributed by atoms with Gasteiger partial charge in [-0.3, -0.25) is 0 Å². The third kappa shape index (κ3) is 1.22. The molecule has 0 amide bonds. The number of nitrogens with one attached hydrogen (secondary N) is 1.